The molecule has 1 fully saturated rings. The molecule has 1 aromatic heterocycles. The fraction of sp³-hybridized carbons (Fsp3) is 0.429. The Morgan fingerprint density at radius 2 is 2.36 bits per heavy atom. The summed E-state index contributed by atoms with van der Waals surface area (Å²) in [4.78, 5) is 15.2. The van der Waals surface area contributed by atoms with E-state index in [1.54, 1.807) is 12.4 Å². The Labute approximate surface area is 64.0 Å². The number of aromatic nitrogens is 2. The normalized spacial score (nSPS) is 19.7. The van der Waals surface area contributed by atoms with Gasteiger partial charge in [0.1, 0.15) is 6.33 Å². The van der Waals surface area contributed by atoms with E-state index in [0.717, 1.165) is 12.8 Å². The molecule has 0 radical (unpaired) electrons. The minimum absolute atomic E-state index is 0.0463. The minimum Gasteiger partial charge on any atom is -0.317 e. The van der Waals surface area contributed by atoms with E-state index in [0.29, 0.717) is 0 Å². The molecule has 0 amide bonds. The summed E-state index contributed by atoms with van der Waals surface area (Å²) < 4.78 is 1.44. The summed E-state index contributed by atoms with van der Waals surface area (Å²) in [5, 5.41) is 0. The standard InChI is InChI=1S/C7H9N3O/c8-7(1-2-7)6(11)10-4-3-9-5-10/h3-5H,1-2,8H2. The first-order chi connectivity index (χ1) is 5.22. The maximum Gasteiger partial charge on any atom is 0.251 e. The van der Waals surface area contributed by atoms with E-state index in [1.165, 1.54) is 10.9 Å². The van der Waals surface area contributed by atoms with Gasteiger partial charge in [-0.1, -0.05) is 0 Å². The molecule has 0 unspecified atom stereocenters. The first kappa shape index (κ1) is 6.54. The van der Waals surface area contributed by atoms with Gasteiger partial charge in [0.05, 0.1) is 5.54 Å². The summed E-state index contributed by atoms with van der Waals surface area (Å²) in [6.45, 7) is 0. The number of carbonyl (C=O) groups excluding carboxylic acids is 1. The second-order valence-electron chi connectivity index (χ2n) is 2.93. The summed E-state index contributed by atoms with van der Waals surface area (Å²) in [5.41, 5.74) is 5.10. The van der Waals surface area contributed by atoms with Gasteiger partial charge < -0.3 is 5.73 Å². The van der Waals surface area contributed by atoms with Gasteiger partial charge in [-0.25, -0.2) is 4.98 Å². The van der Waals surface area contributed by atoms with Gasteiger partial charge in [-0.2, -0.15) is 0 Å². The lowest BCUT2D eigenvalue weighted by molar-refractivity contribution is 0.0866. The summed E-state index contributed by atoms with van der Waals surface area (Å²) in [7, 11) is 0. The Morgan fingerprint density at radius 3 is 2.82 bits per heavy atom. The molecular weight excluding hydrogens is 142 g/mol. The Morgan fingerprint density at radius 1 is 1.64 bits per heavy atom. The zero-order valence-corrected chi connectivity index (χ0v) is 6.03. The van der Waals surface area contributed by atoms with Crippen molar-refractivity contribution in [2.75, 3.05) is 0 Å². The van der Waals surface area contributed by atoms with Crippen LogP contribution in [0.15, 0.2) is 18.7 Å². The van der Waals surface area contributed by atoms with Crippen molar-refractivity contribution in [3.05, 3.63) is 18.7 Å². The highest BCUT2D eigenvalue weighted by atomic mass is 16.2. The lowest BCUT2D eigenvalue weighted by Gasteiger charge is -2.05. The Kier molecular flexibility index (Phi) is 1.14. The van der Waals surface area contributed by atoms with E-state index in [1.807, 2.05) is 0 Å². The van der Waals surface area contributed by atoms with Gasteiger partial charge in [0.2, 0.25) is 0 Å². The third-order valence-corrected chi connectivity index (χ3v) is 1.95. The van der Waals surface area contributed by atoms with Crippen LogP contribution < -0.4 is 5.73 Å². The van der Waals surface area contributed by atoms with Crippen molar-refractivity contribution in [2.24, 2.45) is 5.73 Å². The lowest BCUT2D eigenvalue weighted by Crippen LogP contribution is -2.36. The molecule has 1 aliphatic carbocycles. The van der Waals surface area contributed by atoms with Crippen LogP contribution in [-0.2, 0) is 0 Å². The highest BCUT2D eigenvalue weighted by Gasteiger charge is 2.46. The predicted molar refractivity (Wildman–Crippen MR) is 39.0 cm³/mol. The highest BCUT2D eigenvalue weighted by Crippen LogP contribution is 2.33. The molecule has 4 heteroatoms. The molecule has 58 valence electrons. The SMILES string of the molecule is NC1(C(=O)n2ccnc2)CC1. The van der Waals surface area contributed by atoms with Crippen LogP contribution in [0.1, 0.15) is 17.6 Å². The van der Waals surface area contributed by atoms with Crippen LogP contribution in [0.5, 0.6) is 0 Å². The van der Waals surface area contributed by atoms with Crippen molar-refractivity contribution in [3.63, 3.8) is 0 Å². The van der Waals surface area contributed by atoms with Crippen LogP contribution in [0.2, 0.25) is 0 Å². The van der Waals surface area contributed by atoms with Crippen LogP contribution in [0.25, 0.3) is 0 Å². The molecule has 2 rings (SSSR count). The maximum atomic E-state index is 11.4. The molecule has 2 N–H and O–H groups in total. The van der Waals surface area contributed by atoms with E-state index in [-0.39, 0.29) is 5.91 Å². The van der Waals surface area contributed by atoms with Crippen LogP contribution >= 0.6 is 0 Å². The maximum absolute atomic E-state index is 11.4. The average Bonchev–Trinajstić information content (AvgIpc) is 2.54. The van der Waals surface area contributed by atoms with Gasteiger partial charge in [0, 0.05) is 12.4 Å². The Balaban J connectivity index is 2.24. The summed E-state index contributed by atoms with van der Waals surface area (Å²) in [6.07, 6.45) is 6.27. The topological polar surface area (TPSA) is 60.9 Å². The van der Waals surface area contributed by atoms with Crippen LogP contribution in [0.4, 0.5) is 0 Å². The van der Waals surface area contributed by atoms with Gasteiger partial charge in [0.15, 0.2) is 0 Å². The highest BCUT2D eigenvalue weighted by molar-refractivity contribution is 5.90. The molecule has 1 aliphatic rings. The van der Waals surface area contributed by atoms with E-state index >= 15 is 0 Å². The second kappa shape index (κ2) is 1.92. The van der Waals surface area contributed by atoms with Gasteiger partial charge in [0.25, 0.3) is 5.91 Å². The van der Waals surface area contributed by atoms with Crippen LogP contribution in [0.3, 0.4) is 0 Å². The third-order valence-electron chi connectivity index (χ3n) is 1.95. The average molecular weight is 151 g/mol. The molecule has 1 aromatic rings. The van der Waals surface area contributed by atoms with Gasteiger partial charge >= 0.3 is 0 Å². The van der Waals surface area contributed by atoms with Crippen LogP contribution in [0, 0.1) is 0 Å². The minimum atomic E-state index is -0.583. The molecule has 4 nitrogen and oxygen atoms in total. The van der Waals surface area contributed by atoms with Crippen molar-refractivity contribution in [3.8, 4) is 0 Å². The molecule has 11 heavy (non-hydrogen) atoms. The molecule has 1 heterocycles. The van der Waals surface area contributed by atoms with E-state index in [9.17, 15) is 4.79 Å². The summed E-state index contributed by atoms with van der Waals surface area (Å²) in [6, 6.07) is 0. The number of carbonyl (C=O) groups is 1. The smallest absolute Gasteiger partial charge is 0.251 e. The van der Waals surface area contributed by atoms with Crippen molar-refractivity contribution in [1.29, 1.82) is 0 Å². The van der Waals surface area contributed by atoms with Crippen molar-refractivity contribution in [2.45, 2.75) is 18.4 Å². The summed E-state index contributed by atoms with van der Waals surface area (Å²) in [5.74, 6) is -0.0463. The zero-order valence-electron chi connectivity index (χ0n) is 6.03. The Hall–Kier alpha value is -1.16. The fourth-order valence-corrected chi connectivity index (χ4v) is 0.985. The molecular formula is C7H9N3O. The van der Waals surface area contributed by atoms with Gasteiger partial charge in [-0.05, 0) is 12.8 Å². The first-order valence-corrected chi connectivity index (χ1v) is 3.54. The molecule has 0 atom stereocenters. The Bertz CT molecular complexity index is 274. The molecule has 0 spiro atoms. The third kappa shape index (κ3) is 0.952. The fourth-order valence-electron chi connectivity index (χ4n) is 0.985. The molecule has 0 bridgehead atoms. The quantitative estimate of drug-likeness (QED) is 0.615. The van der Waals surface area contributed by atoms with Crippen molar-refractivity contribution < 1.29 is 4.79 Å². The number of hydrogen-bond donors (Lipinski definition) is 1. The number of imidazole rings is 1. The van der Waals surface area contributed by atoms with E-state index in [2.05, 4.69) is 4.98 Å². The zero-order chi connectivity index (χ0) is 7.90. The molecule has 0 aromatic carbocycles. The van der Waals surface area contributed by atoms with Crippen molar-refractivity contribution in [1.82, 2.24) is 9.55 Å². The van der Waals surface area contributed by atoms with Crippen molar-refractivity contribution >= 4 is 5.91 Å². The number of nitrogens with zero attached hydrogens (tertiary/aromatic N) is 2. The second-order valence-corrected chi connectivity index (χ2v) is 2.93. The van der Waals surface area contributed by atoms with E-state index in [4.69, 9.17) is 5.73 Å². The number of rotatable bonds is 1. The predicted octanol–water partition coefficient (Wildman–Crippen LogP) is 0.0146. The van der Waals surface area contributed by atoms with Crippen LogP contribution in [-0.4, -0.2) is 21.0 Å². The van der Waals surface area contributed by atoms with Gasteiger partial charge in [-0.3, -0.25) is 9.36 Å². The first-order valence-electron chi connectivity index (χ1n) is 3.54. The molecule has 1 saturated carbocycles. The lowest BCUT2D eigenvalue weighted by atomic mass is 10.3. The van der Waals surface area contributed by atoms with E-state index < -0.39 is 5.54 Å². The molecule has 0 saturated heterocycles. The number of hydrogen-bond acceptors (Lipinski definition) is 3. The van der Waals surface area contributed by atoms with Gasteiger partial charge in [-0.15, -0.1) is 0 Å². The number of nitrogens with two attached hydrogens (primary N) is 1. The largest absolute Gasteiger partial charge is 0.317 e. The molecule has 0 aliphatic heterocycles. The summed E-state index contributed by atoms with van der Waals surface area (Å²) >= 11 is 0. The monoisotopic (exact) mass is 151 g/mol.